The highest BCUT2D eigenvalue weighted by molar-refractivity contribution is 7.89. The summed E-state index contributed by atoms with van der Waals surface area (Å²) in [7, 11) is -3.56. The van der Waals surface area contributed by atoms with Gasteiger partial charge >= 0.3 is 0 Å². The highest BCUT2D eigenvalue weighted by Gasteiger charge is 2.15. The van der Waals surface area contributed by atoms with Crippen LogP contribution in [-0.2, 0) is 14.8 Å². The van der Waals surface area contributed by atoms with Crippen LogP contribution < -0.4 is 9.88 Å². The van der Waals surface area contributed by atoms with Gasteiger partial charge in [-0.1, -0.05) is 23.2 Å². The second kappa shape index (κ2) is 7.76. The number of nitro groups is 1. The van der Waals surface area contributed by atoms with Crippen molar-refractivity contribution in [3.8, 4) is 5.75 Å². The number of hydrogen-bond acceptors (Lipinski definition) is 6. The predicted molar refractivity (Wildman–Crippen MR) is 77.4 cm³/mol. The monoisotopic (exact) mass is 358 g/mol. The Balaban J connectivity index is 2.48. The minimum Gasteiger partial charge on any atom is -0.488 e. The van der Waals surface area contributed by atoms with Crippen LogP contribution in [0.5, 0.6) is 5.75 Å². The lowest BCUT2D eigenvalue weighted by Crippen LogP contribution is -2.21. The quantitative estimate of drug-likeness (QED) is 0.427. The van der Waals surface area contributed by atoms with E-state index in [4.69, 9.17) is 37.8 Å². The Kier molecular flexibility index (Phi) is 6.62. The van der Waals surface area contributed by atoms with Crippen molar-refractivity contribution in [2.24, 2.45) is 5.14 Å². The molecule has 21 heavy (non-hydrogen) atoms. The van der Waals surface area contributed by atoms with Crippen molar-refractivity contribution in [1.82, 2.24) is 0 Å². The first kappa shape index (κ1) is 17.9. The molecule has 0 aliphatic carbocycles. The molecule has 0 fully saturated rings. The summed E-state index contributed by atoms with van der Waals surface area (Å²) in [6, 6.07) is 2.23. The van der Waals surface area contributed by atoms with Crippen molar-refractivity contribution < 1.29 is 22.8 Å². The molecule has 0 aliphatic heterocycles. The van der Waals surface area contributed by atoms with Crippen LogP contribution in [0.25, 0.3) is 0 Å². The van der Waals surface area contributed by atoms with E-state index in [9.17, 15) is 18.5 Å². The maximum atomic E-state index is 10.6. The fourth-order valence-electron chi connectivity index (χ4n) is 1.27. The van der Waals surface area contributed by atoms with Gasteiger partial charge in [-0.15, -0.1) is 0 Å². The number of ether oxygens (including phenoxy) is 2. The second-order valence-corrected chi connectivity index (χ2v) is 6.37. The van der Waals surface area contributed by atoms with Crippen LogP contribution in [0.3, 0.4) is 0 Å². The van der Waals surface area contributed by atoms with Gasteiger partial charge in [0, 0.05) is 12.1 Å². The number of nitrogens with zero attached hydrogens (tertiary/aromatic N) is 1. The number of benzene rings is 1. The average Bonchev–Trinajstić information content (AvgIpc) is 2.34. The third-order valence-corrected chi connectivity index (χ3v) is 3.48. The van der Waals surface area contributed by atoms with Gasteiger partial charge in [0.2, 0.25) is 10.0 Å². The molecule has 11 heteroatoms. The number of primary sulfonamides is 1. The molecule has 1 rings (SSSR count). The van der Waals surface area contributed by atoms with E-state index in [0.717, 1.165) is 12.1 Å². The van der Waals surface area contributed by atoms with Crippen molar-refractivity contribution >= 4 is 38.9 Å². The van der Waals surface area contributed by atoms with E-state index in [-0.39, 0.29) is 47.1 Å². The van der Waals surface area contributed by atoms with Gasteiger partial charge in [0.1, 0.15) is 6.61 Å². The minimum absolute atomic E-state index is 0.00117. The van der Waals surface area contributed by atoms with Gasteiger partial charge in [-0.05, 0) is 0 Å². The fraction of sp³-hybridized carbons (Fsp3) is 0.400. The summed E-state index contributed by atoms with van der Waals surface area (Å²) in [5.41, 5.74) is -0.248. The number of nitro benzene ring substituents is 1. The number of halogens is 2. The Labute approximate surface area is 130 Å². The van der Waals surface area contributed by atoms with Gasteiger partial charge in [-0.25, -0.2) is 13.6 Å². The molecular formula is C10H12Cl2N2O6S. The lowest BCUT2D eigenvalue weighted by Gasteiger charge is -2.10. The predicted octanol–water partition coefficient (Wildman–Crippen LogP) is 1.59. The van der Waals surface area contributed by atoms with E-state index >= 15 is 0 Å². The van der Waals surface area contributed by atoms with Gasteiger partial charge in [0.05, 0.1) is 33.9 Å². The molecule has 2 N–H and O–H groups in total. The van der Waals surface area contributed by atoms with Crippen LogP contribution in [0, 0.1) is 10.1 Å². The highest BCUT2D eigenvalue weighted by atomic mass is 35.5. The van der Waals surface area contributed by atoms with Gasteiger partial charge in [-0.3, -0.25) is 10.1 Å². The molecule has 0 atom stereocenters. The van der Waals surface area contributed by atoms with E-state index in [2.05, 4.69) is 0 Å². The number of rotatable bonds is 8. The van der Waals surface area contributed by atoms with Crippen molar-refractivity contribution in [2.75, 3.05) is 25.6 Å². The smallest absolute Gasteiger partial charge is 0.272 e. The number of nitrogens with two attached hydrogens (primary N) is 1. The van der Waals surface area contributed by atoms with Crippen molar-refractivity contribution in [1.29, 1.82) is 0 Å². The molecule has 0 radical (unpaired) electrons. The topological polar surface area (TPSA) is 122 Å². The maximum absolute atomic E-state index is 10.6. The van der Waals surface area contributed by atoms with Crippen LogP contribution in [0.1, 0.15) is 0 Å². The molecule has 0 amide bonds. The molecule has 0 aliphatic rings. The summed E-state index contributed by atoms with van der Waals surface area (Å²) in [6.07, 6.45) is 0. The Morgan fingerprint density at radius 3 is 2.24 bits per heavy atom. The van der Waals surface area contributed by atoms with Gasteiger partial charge in [-0.2, -0.15) is 0 Å². The van der Waals surface area contributed by atoms with Crippen molar-refractivity contribution in [2.45, 2.75) is 0 Å². The van der Waals surface area contributed by atoms with Gasteiger partial charge in [0.25, 0.3) is 5.69 Å². The van der Waals surface area contributed by atoms with E-state index in [0.29, 0.717) is 0 Å². The van der Waals surface area contributed by atoms with Crippen molar-refractivity contribution in [3.05, 3.63) is 32.3 Å². The fourth-order valence-corrected chi connectivity index (χ4v) is 2.20. The van der Waals surface area contributed by atoms with Gasteiger partial charge < -0.3 is 9.47 Å². The lowest BCUT2D eigenvalue weighted by atomic mass is 10.3. The molecule has 0 aromatic heterocycles. The van der Waals surface area contributed by atoms with Crippen LogP contribution in [-0.4, -0.2) is 38.9 Å². The number of non-ortho nitro benzene ring substituents is 1. The zero-order valence-corrected chi connectivity index (χ0v) is 12.9. The highest BCUT2D eigenvalue weighted by Crippen LogP contribution is 2.36. The zero-order chi connectivity index (χ0) is 16.0. The normalized spacial score (nSPS) is 11.4. The largest absolute Gasteiger partial charge is 0.488 e. The molecule has 1 aromatic carbocycles. The molecule has 0 unspecified atom stereocenters. The molecule has 118 valence electrons. The first-order valence-corrected chi connectivity index (χ1v) is 8.02. The standard InChI is InChI=1S/C10H12Cl2N2O6S/c11-8-5-7(14(15)16)6-9(12)10(8)20-2-1-19-3-4-21(13,17)18/h5-6H,1-4H2,(H2,13,17,18). The lowest BCUT2D eigenvalue weighted by molar-refractivity contribution is -0.384. The second-order valence-electron chi connectivity index (χ2n) is 3.82. The summed E-state index contributed by atoms with van der Waals surface area (Å²) < 4.78 is 31.5. The maximum Gasteiger partial charge on any atom is 0.272 e. The van der Waals surface area contributed by atoms with Crippen LogP contribution in [0.15, 0.2) is 12.1 Å². The molecule has 0 spiro atoms. The third kappa shape index (κ3) is 6.44. The molecule has 0 saturated heterocycles. The Bertz CT molecular complexity index is 599. The molecule has 1 aromatic rings. The zero-order valence-electron chi connectivity index (χ0n) is 10.6. The summed E-state index contributed by atoms with van der Waals surface area (Å²) in [5.74, 6) is -0.203. The van der Waals surface area contributed by atoms with Crippen molar-refractivity contribution in [3.63, 3.8) is 0 Å². The molecule has 0 bridgehead atoms. The summed E-state index contributed by atoms with van der Waals surface area (Å²) in [4.78, 5) is 9.97. The first-order valence-electron chi connectivity index (χ1n) is 5.55. The van der Waals surface area contributed by atoms with Crippen LogP contribution in [0.4, 0.5) is 5.69 Å². The van der Waals surface area contributed by atoms with E-state index in [1.165, 1.54) is 0 Å². The third-order valence-electron chi connectivity index (χ3n) is 2.18. The first-order chi connectivity index (χ1) is 9.70. The van der Waals surface area contributed by atoms with Crippen LogP contribution >= 0.6 is 23.2 Å². The van der Waals surface area contributed by atoms with Crippen LogP contribution in [0.2, 0.25) is 10.0 Å². The number of sulfonamides is 1. The Hall–Kier alpha value is -1.13. The van der Waals surface area contributed by atoms with E-state index in [1.54, 1.807) is 0 Å². The molecular weight excluding hydrogens is 347 g/mol. The molecule has 8 nitrogen and oxygen atoms in total. The summed E-state index contributed by atoms with van der Waals surface area (Å²) in [6.45, 7) is 0.0605. The SMILES string of the molecule is NS(=O)(=O)CCOCCOc1c(Cl)cc([N+](=O)[O-])cc1Cl. The minimum atomic E-state index is -3.56. The van der Waals surface area contributed by atoms with E-state index < -0.39 is 14.9 Å². The Morgan fingerprint density at radius 1 is 1.19 bits per heavy atom. The van der Waals surface area contributed by atoms with E-state index in [1.807, 2.05) is 0 Å². The number of hydrogen-bond donors (Lipinski definition) is 1. The molecule has 0 saturated carbocycles. The average molecular weight is 359 g/mol. The van der Waals surface area contributed by atoms with Gasteiger partial charge in [0.15, 0.2) is 5.75 Å². The summed E-state index contributed by atoms with van der Waals surface area (Å²) >= 11 is 11.7. The molecule has 0 heterocycles. The Morgan fingerprint density at radius 2 is 1.76 bits per heavy atom. The summed E-state index contributed by atoms with van der Waals surface area (Å²) in [5, 5.41) is 15.4.